The van der Waals surface area contributed by atoms with Crippen molar-refractivity contribution in [1.29, 1.82) is 0 Å². The van der Waals surface area contributed by atoms with E-state index in [-0.39, 0.29) is 23.7 Å². The summed E-state index contributed by atoms with van der Waals surface area (Å²) in [5.41, 5.74) is 1.61. The number of ketones is 1. The van der Waals surface area contributed by atoms with Crippen LogP contribution in [-0.4, -0.2) is 47.4 Å². The van der Waals surface area contributed by atoms with Crippen LogP contribution < -0.4 is 0 Å². The lowest BCUT2D eigenvalue weighted by Gasteiger charge is -2.38. The molecule has 1 aromatic heterocycles. The van der Waals surface area contributed by atoms with Crippen LogP contribution in [0.1, 0.15) is 34.6 Å². The summed E-state index contributed by atoms with van der Waals surface area (Å²) in [5.74, 6) is 0.102. The Morgan fingerprint density at radius 3 is 3.00 bits per heavy atom. The van der Waals surface area contributed by atoms with E-state index in [4.69, 9.17) is 16.3 Å². The Morgan fingerprint density at radius 1 is 1.41 bits per heavy atom. The Balaban J connectivity index is 1.62. The molecule has 0 radical (unpaired) electrons. The van der Waals surface area contributed by atoms with Gasteiger partial charge in [-0.1, -0.05) is 23.7 Å². The maximum absolute atomic E-state index is 13.3. The SMILES string of the molecule is Cc1nc(-c2cccc(Cl)c2)sc1C(=O)N1CCOC[C@H]1[C@@H]1CCCC1=O. The van der Waals surface area contributed by atoms with Gasteiger partial charge in [0.2, 0.25) is 0 Å². The molecule has 1 aromatic carbocycles. The minimum Gasteiger partial charge on any atom is -0.377 e. The first-order chi connectivity index (χ1) is 13.0. The molecule has 0 bridgehead atoms. The zero-order valence-corrected chi connectivity index (χ0v) is 16.7. The second kappa shape index (κ2) is 7.70. The van der Waals surface area contributed by atoms with Crippen LogP contribution in [-0.2, 0) is 9.53 Å². The number of ether oxygens (including phenoxy) is 1. The summed E-state index contributed by atoms with van der Waals surface area (Å²) in [6, 6.07) is 7.31. The number of thiazole rings is 1. The van der Waals surface area contributed by atoms with Crippen molar-refractivity contribution in [3.05, 3.63) is 39.9 Å². The van der Waals surface area contributed by atoms with Crippen molar-refractivity contribution in [3.8, 4) is 10.6 Å². The van der Waals surface area contributed by atoms with Crippen molar-refractivity contribution >= 4 is 34.6 Å². The van der Waals surface area contributed by atoms with E-state index in [1.807, 2.05) is 36.1 Å². The third-order valence-electron chi connectivity index (χ3n) is 5.31. The summed E-state index contributed by atoms with van der Waals surface area (Å²) in [6.45, 7) is 3.30. The van der Waals surface area contributed by atoms with Crippen LogP contribution in [0.5, 0.6) is 0 Å². The average molecular weight is 405 g/mol. The fraction of sp³-hybridized carbons (Fsp3) is 0.450. The molecule has 0 unspecified atom stereocenters. The highest BCUT2D eigenvalue weighted by Crippen LogP contribution is 2.33. The van der Waals surface area contributed by atoms with Crippen LogP contribution in [0, 0.1) is 12.8 Å². The van der Waals surface area contributed by atoms with Gasteiger partial charge >= 0.3 is 0 Å². The quantitative estimate of drug-likeness (QED) is 0.776. The summed E-state index contributed by atoms with van der Waals surface area (Å²) < 4.78 is 5.60. The van der Waals surface area contributed by atoms with Gasteiger partial charge in [0.15, 0.2) is 0 Å². The number of carbonyl (C=O) groups is 2. The molecule has 2 aliphatic rings. The maximum atomic E-state index is 13.3. The van der Waals surface area contributed by atoms with E-state index < -0.39 is 0 Å². The van der Waals surface area contributed by atoms with Crippen LogP contribution in [0.2, 0.25) is 5.02 Å². The highest BCUT2D eigenvalue weighted by atomic mass is 35.5. The predicted molar refractivity (Wildman–Crippen MR) is 105 cm³/mol. The second-order valence-electron chi connectivity index (χ2n) is 7.05. The number of hydrogen-bond donors (Lipinski definition) is 0. The third-order valence-corrected chi connectivity index (χ3v) is 6.73. The molecule has 0 N–H and O–H groups in total. The number of benzene rings is 1. The molecule has 5 nitrogen and oxygen atoms in total. The lowest BCUT2D eigenvalue weighted by molar-refractivity contribution is -0.124. The second-order valence-corrected chi connectivity index (χ2v) is 8.49. The van der Waals surface area contributed by atoms with Crippen LogP contribution >= 0.6 is 22.9 Å². The smallest absolute Gasteiger partial charge is 0.266 e. The Morgan fingerprint density at radius 2 is 2.26 bits per heavy atom. The monoisotopic (exact) mass is 404 g/mol. The van der Waals surface area contributed by atoms with Gasteiger partial charge in [0.05, 0.1) is 24.9 Å². The topological polar surface area (TPSA) is 59.5 Å². The Hall–Kier alpha value is -1.76. The molecule has 1 aliphatic heterocycles. The van der Waals surface area contributed by atoms with Crippen molar-refractivity contribution < 1.29 is 14.3 Å². The van der Waals surface area contributed by atoms with Gasteiger partial charge in [-0.2, -0.15) is 0 Å². The van der Waals surface area contributed by atoms with Crippen LogP contribution in [0.4, 0.5) is 0 Å². The van der Waals surface area contributed by atoms with Crippen LogP contribution in [0.25, 0.3) is 10.6 Å². The molecular formula is C20H21ClN2O3S. The number of Topliss-reactive ketones (excluding diaryl/α,β-unsaturated/α-hetero) is 1. The molecule has 1 saturated heterocycles. The highest BCUT2D eigenvalue weighted by molar-refractivity contribution is 7.17. The highest BCUT2D eigenvalue weighted by Gasteiger charge is 2.40. The standard InChI is InChI=1S/C20H21ClN2O3S/c1-12-18(27-19(22-12)13-4-2-5-14(21)10-13)20(25)23-8-9-26-11-16(23)15-6-3-7-17(15)24/h2,4-5,10,15-16H,3,6-9,11H2,1H3/t15-,16-/m0/s1. The van der Waals surface area contributed by atoms with Gasteiger partial charge in [-0.3, -0.25) is 9.59 Å². The van der Waals surface area contributed by atoms with E-state index in [0.29, 0.717) is 41.8 Å². The molecule has 2 fully saturated rings. The van der Waals surface area contributed by atoms with Crippen molar-refractivity contribution in [2.24, 2.45) is 5.92 Å². The van der Waals surface area contributed by atoms with Gasteiger partial charge in [-0.05, 0) is 31.9 Å². The first kappa shape index (κ1) is 18.6. The van der Waals surface area contributed by atoms with E-state index in [1.165, 1.54) is 11.3 Å². The van der Waals surface area contributed by atoms with E-state index >= 15 is 0 Å². The number of carbonyl (C=O) groups excluding carboxylic acids is 2. The number of nitrogens with zero attached hydrogens (tertiary/aromatic N) is 2. The zero-order chi connectivity index (χ0) is 19.0. The minimum atomic E-state index is -0.169. The molecule has 1 saturated carbocycles. The molecule has 2 atom stereocenters. The number of amides is 1. The molecule has 2 heterocycles. The number of halogens is 1. The van der Waals surface area contributed by atoms with Gasteiger partial charge in [0.1, 0.15) is 15.7 Å². The fourth-order valence-electron chi connectivity index (χ4n) is 3.93. The zero-order valence-electron chi connectivity index (χ0n) is 15.1. The van der Waals surface area contributed by atoms with E-state index in [0.717, 1.165) is 23.4 Å². The Bertz CT molecular complexity index is 882. The maximum Gasteiger partial charge on any atom is 0.266 e. The van der Waals surface area contributed by atoms with Crippen molar-refractivity contribution in [2.75, 3.05) is 19.8 Å². The molecule has 27 heavy (non-hydrogen) atoms. The molecule has 2 aromatic rings. The number of rotatable bonds is 3. The van der Waals surface area contributed by atoms with Crippen molar-refractivity contribution in [2.45, 2.75) is 32.2 Å². The largest absolute Gasteiger partial charge is 0.377 e. The number of hydrogen-bond acceptors (Lipinski definition) is 5. The van der Waals surface area contributed by atoms with Gasteiger partial charge in [-0.25, -0.2) is 4.98 Å². The van der Waals surface area contributed by atoms with Gasteiger partial charge in [0.25, 0.3) is 5.91 Å². The lowest BCUT2D eigenvalue weighted by Crippen LogP contribution is -2.53. The third kappa shape index (κ3) is 3.66. The molecule has 0 spiro atoms. The molecule has 7 heteroatoms. The summed E-state index contributed by atoms with van der Waals surface area (Å²) in [5, 5.41) is 1.42. The summed E-state index contributed by atoms with van der Waals surface area (Å²) in [6.07, 6.45) is 2.36. The van der Waals surface area contributed by atoms with Gasteiger partial charge in [0, 0.05) is 29.5 Å². The van der Waals surface area contributed by atoms with Gasteiger partial charge < -0.3 is 9.64 Å². The molecule has 142 valence electrons. The Labute approximate surface area is 167 Å². The van der Waals surface area contributed by atoms with Crippen LogP contribution in [0.15, 0.2) is 24.3 Å². The van der Waals surface area contributed by atoms with Crippen molar-refractivity contribution in [1.82, 2.24) is 9.88 Å². The summed E-state index contributed by atoms with van der Waals surface area (Å²) >= 11 is 7.47. The summed E-state index contributed by atoms with van der Waals surface area (Å²) in [4.78, 5) is 32.6. The normalized spacial score (nSPS) is 23.0. The molecule has 4 rings (SSSR count). The Kier molecular flexibility index (Phi) is 5.30. The molecular weight excluding hydrogens is 384 g/mol. The minimum absolute atomic E-state index is 0.0497. The average Bonchev–Trinajstić information content (AvgIpc) is 3.27. The molecule has 1 amide bonds. The van der Waals surface area contributed by atoms with E-state index in [1.54, 1.807) is 0 Å². The number of morpholine rings is 1. The fourth-order valence-corrected chi connectivity index (χ4v) is 5.14. The van der Waals surface area contributed by atoms with Crippen LogP contribution in [0.3, 0.4) is 0 Å². The number of aromatic nitrogens is 1. The van der Waals surface area contributed by atoms with E-state index in [9.17, 15) is 9.59 Å². The first-order valence-electron chi connectivity index (χ1n) is 9.19. The van der Waals surface area contributed by atoms with Gasteiger partial charge in [-0.15, -0.1) is 11.3 Å². The first-order valence-corrected chi connectivity index (χ1v) is 10.4. The van der Waals surface area contributed by atoms with E-state index in [2.05, 4.69) is 4.98 Å². The predicted octanol–water partition coefficient (Wildman–Crippen LogP) is 3.98. The lowest BCUT2D eigenvalue weighted by atomic mass is 9.95. The number of aryl methyl sites for hydroxylation is 1. The van der Waals surface area contributed by atoms with Crippen molar-refractivity contribution in [3.63, 3.8) is 0 Å². The molecule has 1 aliphatic carbocycles. The summed E-state index contributed by atoms with van der Waals surface area (Å²) in [7, 11) is 0.